The normalized spacial score (nSPS) is 23.1. The molecule has 1 fully saturated rings. The third kappa shape index (κ3) is 3.07. The third-order valence-electron chi connectivity index (χ3n) is 6.00. The van der Waals surface area contributed by atoms with Crippen LogP contribution < -0.4 is 5.32 Å². The summed E-state index contributed by atoms with van der Waals surface area (Å²) in [5.74, 6) is -4.00. The fourth-order valence-corrected chi connectivity index (χ4v) is 5.99. The minimum Gasteiger partial charge on any atom is -0.334 e. The van der Waals surface area contributed by atoms with Crippen molar-refractivity contribution in [1.29, 1.82) is 0 Å². The summed E-state index contributed by atoms with van der Waals surface area (Å²) in [4.78, 5) is 25.7. The number of hydrogen-bond donors (Lipinski definition) is 1. The molecule has 1 saturated heterocycles. The highest BCUT2D eigenvalue weighted by Gasteiger charge is 2.45. The van der Waals surface area contributed by atoms with Crippen molar-refractivity contribution in [3.8, 4) is 0 Å². The van der Waals surface area contributed by atoms with Crippen molar-refractivity contribution in [2.75, 3.05) is 18.4 Å². The Kier molecular flexibility index (Phi) is 4.55. The highest BCUT2D eigenvalue weighted by Crippen LogP contribution is 2.42. The smallest absolute Gasteiger partial charge is 0.334 e. The second-order valence-electron chi connectivity index (χ2n) is 7.85. The number of nitrogens with one attached hydrogen (secondary N) is 1. The molecule has 1 N–H and O–H groups in total. The fraction of sp³-hybridized carbons (Fsp3) is 0.238. The average Bonchev–Trinajstić information content (AvgIpc) is 3.35. The minimum atomic E-state index is -4.77. The number of carbonyl (C=O) groups excluding carboxylic acids is 2. The molecule has 5 rings (SSSR count). The number of anilines is 1. The number of rotatable bonds is 3. The Morgan fingerprint density at radius 3 is 2.47 bits per heavy atom. The van der Waals surface area contributed by atoms with Gasteiger partial charge in [0.2, 0.25) is 5.91 Å². The van der Waals surface area contributed by atoms with Crippen LogP contribution in [0.25, 0.3) is 5.57 Å². The molecule has 0 radical (unpaired) electrons. The maximum Gasteiger partial charge on any atom is 0.336 e. The van der Waals surface area contributed by atoms with Crippen LogP contribution in [-0.4, -0.2) is 48.7 Å². The van der Waals surface area contributed by atoms with Crippen molar-refractivity contribution < 1.29 is 31.2 Å². The molecule has 2 atom stereocenters. The molecule has 1 aliphatic carbocycles. The first-order chi connectivity index (χ1) is 15.2. The number of carbonyl (C=O) groups is 2. The molecule has 2 aromatic carbocycles. The average molecular weight is 463 g/mol. The van der Waals surface area contributed by atoms with Crippen LogP contribution in [-0.2, 0) is 14.8 Å². The fourth-order valence-electron chi connectivity index (χ4n) is 4.50. The quantitative estimate of drug-likeness (QED) is 0.759. The van der Waals surface area contributed by atoms with Gasteiger partial charge < -0.3 is 10.2 Å². The molecule has 3 aliphatic rings. The molecule has 2 aliphatic heterocycles. The predicted molar refractivity (Wildman–Crippen MR) is 107 cm³/mol. The number of halogens is 3. The van der Waals surface area contributed by atoms with Crippen molar-refractivity contribution in [3.05, 3.63) is 65.5 Å². The van der Waals surface area contributed by atoms with Gasteiger partial charge >= 0.3 is 6.03 Å². The first-order valence-electron chi connectivity index (χ1n) is 9.75. The van der Waals surface area contributed by atoms with Crippen LogP contribution in [0.5, 0.6) is 0 Å². The van der Waals surface area contributed by atoms with Crippen LogP contribution in [0.1, 0.15) is 12.0 Å². The van der Waals surface area contributed by atoms with Gasteiger partial charge in [-0.1, -0.05) is 18.2 Å². The molecule has 0 saturated carbocycles. The van der Waals surface area contributed by atoms with Gasteiger partial charge in [0.05, 0.1) is 11.7 Å². The molecule has 2 bridgehead atoms. The third-order valence-corrected chi connectivity index (χ3v) is 7.79. The van der Waals surface area contributed by atoms with E-state index in [0.29, 0.717) is 19.0 Å². The highest BCUT2D eigenvalue weighted by atomic mass is 32.2. The molecule has 0 aromatic heterocycles. The van der Waals surface area contributed by atoms with E-state index in [4.69, 9.17) is 0 Å². The molecule has 7 nitrogen and oxygen atoms in total. The van der Waals surface area contributed by atoms with E-state index in [9.17, 15) is 31.2 Å². The molecular formula is C21H16F3N3O4S. The zero-order chi connectivity index (χ0) is 22.8. The Morgan fingerprint density at radius 1 is 1.09 bits per heavy atom. The van der Waals surface area contributed by atoms with Gasteiger partial charge in [-0.05, 0) is 41.8 Å². The van der Waals surface area contributed by atoms with Crippen LogP contribution in [0.15, 0.2) is 47.4 Å². The first-order valence-corrected chi connectivity index (χ1v) is 11.2. The van der Waals surface area contributed by atoms with Crippen molar-refractivity contribution in [2.24, 2.45) is 5.92 Å². The van der Waals surface area contributed by atoms with Crippen LogP contribution in [0.3, 0.4) is 0 Å². The van der Waals surface area contributed by atoms with Gasteiger partial charge in [0.25, 0.3) is 10.0 Å². The van der Waals surface area contributed by atoms with E-state index in [1.807, 2.05) is 6.08 Å². The molecule has 32 heavy (non-hydrogen) atoms. The Balaban J connectivity index is 1.38. The maximum absolute atomic E-state index is 14.2. The van der Waals surface area contributed by atoms with Gasteiger partial charge in [-0.25, -0.2) is 30.7 Å². The standard InChI is InChI=1S/C21H16F3N3O4S/c22-13-3-1-11(2-4-13)15-8-14-7-12(15)9-26(14)18(28)10-27-21(29)25-17-6-5-16(23)19(24)20(17)32(27,30)31/h1-6,8,12,14H,7,9-10H2,(H,25,29). The number of benzene rings is 2. The van der Waals surface area contributed by atoms with E-state index in [0.717, 1.165) is 17.2 Å². The Bertz CT molecular complexity index is 1290. The van der Waals surface area contributed by atoms with Crippen molar-refractivity contribution in [1.82, 2.24) is 9.21 Å². The largest absolute Gasteiger partial charge is 0.336 e. The lowest BCUT2D eigenvalue weighted by molar-refractivity contribution is -0.131. The monoisotopic (exact) mass is 463 g/mol. The highest BCUT2D eigenvalue weighted by molar-refractivity contribution is 7.90. The molecule has 11 heteroatoms. The molecule has 3 amide bonds. The summed E-state index contributed by atoms with van der Waals surface area (Å²) in [6.45, 7) is -0.533. The summed E-state index contributed by atoms with van der Waals surface area (Å²) in [6.07, 6.45) is 2.49. The van der Waals surface area contributed by atoms with Gasteiger partial charge in [0.1, 0.15) is 17.3 Å². The number of likely N-dealkylation sites (tertiary alicyclic amines) is 1. The Hall–Kier alpha value is -3.34. The summed E-state index contributed by atoms with van der Waals surface area (Å²) >= 11 is 0. The number of nitrogens with zero attached hydrogens (tertiary/aromatic N) is 2. The summed E-state index contributed by atoms with van der Waals surface area (Å²) in [5, 5.41) is 2.18. The van der Waals surface area contributed by atoms with Crippen LogP contribution >= 0.6 is 0 Å². The van der Waals surface area contributed by atoms with E-state index >= 15 is 0 Å². The number of amides is 3. The maximum atomic E-state index is 14.2. The van der Waals surface area contributed by atoms with Gasteiger partial charge in [0, 0.05) is 12.5 Å². The number of urea groups is 1. The zero-order valence-corrected chi connectivity index (χ0v) is 17.2. The second kappa shape index (κ2) is 7.09. The number of fused-ring (bicyclic) bond motifs is 3. The molecule has 166 valence electrons. The van der Waals surface area contributed by atoms with E-state index in [1.165, 1.54) is 17.0 Å². The summed E-state index contributed by atoms with van der Waals surface area (Å²) in [6, 6.07) is 6.25. The van der Waals surface area contributed by atoms with Crippen LogP contribution in [0, 0.1) is 23.4 Å². The van der Waals surface area contributed by atoms with Crippen LogP contribution in [0.4, 0.5) is 23.7 Å². The van der Waals surface area contributed by atoms with Gasteiger partial charge in [0.15, 0.2) is 11.6 Å². The topological polar surface area (TPSA) is 86.8 Å². The van der Waals surface area contributed by atoms with Gasteiger partial charge in [-0.2, -0.15) is 0 Å². The first kappa shape index (κ1) is 20.6. The summed E-state index contributed by atoms with van der Waals surface area (Å²) in [5.41, 5.74) is 1.44. The summed E-state index contributed by atoms with van der Waals surface area (Å²) < 4.78 is 66.8. The van der Waals surface area contributed by atoms with E-state index < -0.39 is 45.0 Å². The lowest BCUT2D eigenvalue weighted by Crippen LogP contribution is -2.50. The molecular weight excluding hydrogens is 447 g/mol. The summed E-state index contributed by atoms with van der Waals surface area (Å²) in [7, 11) is -4.77. The van der Waals surface area contributed by atoms with Crippen LogP contribution in [0.2, 0.25) is 0 Å². The molecule has 2 heterocycles. The number of hydrogen-bond acceptors (Lipinski definition) is 4. The lowest BCUT2D eigenvalue weighted by atomic mass is 9.95. The molecule has 2 aromatic rings. The van der Waals surface area contributed by atoms with Crippen molar-refractivity contribution in [2.45, 2.75) is 17.4 Å². The number of sulfonamides is 1. The van der Waals surface area contributed by atoms with E-state index in [-0.39, 0.29) is 27.8 Å². The van der Waals surface area contributed by atoms with E-state index in [1.54, 1.807) is 12.1 Å². The van der Waals surface area contributed by atoms with E-state index in [2.05, 4.69) is 5.32 Å². The Morgan fingerprint density at radius 2 is 1.81 bits per heavy atom. The van der Waals surface area contributed by atoms with Gasteiger partial charge in [-0.15, -0.1) is 0 Å². The molecule has 0 spiro atoms. The zero-order valence-electron chi connectivity index (χ0n) is 16.4. The SMILES string of the molecule is O=C(CN1C(=O)Nc2ccc(F)c(F)c2S1(=O)=O)N1CC2CC1C=C2c1ccc(F)cc1. The van der Waals surface area contributed by atoms with Crippen molar-refractivity contribution >= 4 is 33.2 Å². The van der Waals surface area contributed by atoms with Crippen molar-refractivity contribution in [3.63, 3.8) is 0 Å². The minimum absolute atomic E-state index is 0.00605. The molecule has 2 unspecified atom stereocenters. The second-order valence-corrected chi connectivity index (χ2v) is 9.65. The lowest BCUT2D eigenvalue weighted by Gasteiger charge is -2.32. The predicted octanol–water partition coefficient (Wildman–Crippen LogP) is 2.95. The Labute approximate surface area is 181 Å². The van der Waals surface area contributed by atoms with Gasteiger partial charge in [-0.3, -0.25) is 4.79 Å².